The van der Waals surface area contributed by atoms with Gasteiger partial charge < -0.3 is 22.1 Å². The lowest BCUT2D eigenvalue weighted by Crippen LogP contribution is -2.28. The van der Waals surface area contributed by atoms with Crippen LogP contribution in [0.1, 0.15) is 12.8 Å². The van der Waals surface area contributed by atoms with Crippen molar-refractivity contribution >= 4 is 67.4 Å². The molecule has 0 rings (SSSR count). The highest BCUT2D eigenvalue weighted by Crippen LogP contribution is 2.19. The summed E-state index contributed by atoms with van der Waals surface area (Å²) in [5, 5.41) is 5.55. The van der Waals surface area contributed by atoms with E-state index in [-0.39, 0.29) is 45.8 Å². The average molecular weight is 456 g/mol. The van der Waals surface area contributed by atoms with E-state index in [2.05, 4.69) is 10.6 Å². The minimum Gasteiger partial charge on any atom is -0.355 e. The SMILES string of the molecule is Br.Br.NCCC(=O)NCCSSCCNC(=O)CCN. The third-order valence-corrected chi connectivity index (χ3v) is 4.25. The van der Waals surface area contributed by atoms with Crippen molar-refractivity contribution in [3.05, 3.63) is 0 Å². The van der Waals surface area contributed by atoms with Crippen LogP contribution in [-0.2, 0) is 9.59 Å². The van der Waals surface area contributed by atoms with Crippen molar-refractivity contribution in [3.63, 3.8) is 0 Å². The zero-order valence-corrected chi connectivity index (χ0v) is 16.3. The lowest BCUT2D eigenvalue weighted by molar-refractivity contribution is -0.121. The van der Waals surface area contributed by atoms with Crippen LogP contribution in [0.3, 0.4) is 0 Å². The van der Waals surface area contributed by atoms with Gasteiger partial charge in [0.1, 0.15) is 0 Å². The lowest BCUT2D eigenvalue weighted by atomic mass is 10.4. The first-order valence-corrected chi connectivity index (χ1v) is 8.37. The van der Waals surface area contributed by atoms with E-state index in [4.69, 9.17) is 11.5 Å². The molecule has 122 valence electrons. The molecule has 0 radical (unpaired) electrons. The molecule has 0 aliphatic heterocycles. The predicted octanol–water partition coefficient (Wildman–Crippen LogP) is 0.454. The quantitative estimate of drug-likeness (QED) is 0.266. The number of halogens is 2. The highest BCUT2D eigenvalue weighted by atomic mass is 79.9. The molecule has 6 N–H and O–H groups in total. The Kier molecular flexibility index (Phi) is 24.9. The van der Waals surface area contributed by atoms with Crippen molar-refractivity contribution < 1.29 is 9.59 Å². The van der Waals surface area contributed by atoms with Gasteiger partial charge in [0.2, 0.25) is 11.8 Å². The van der Waals surface area contributed by atoms with Crippen LogP contribution in [0.5, 0.6) is 0 Å². The fraction of sp³-hybridized carbons (Fsp3) is 0.800. The molecule has 0 aromatic carbocycles. The smallest absolute Gasteiger partial charge is 0.221 e. The largest absolute Gasteiger partial charge is 0.355 e. The Hall–Kier alpha value is 0.520. The number of carbonyl (C=O) groups excluding carboxylic acids is 2. The minimum absolute atomic E-state index is 0. The van der Waals surface area contributed by atoms with Gasteiger partial charge in [-0.1, -0.05) is 21.6 Å². The second-order valence-electron chi connectivity index (χ2n) is 3.42. The molecule has 0 aromatic rings. The van der Waals surface area contributed by atoms with E-state index in [0.717, 1.165) is 11.5 Å². The van der Waals surface area contributed by atoms with Gasteiger partial charge in [-0.15, -0.1) is 34.0 Å². The highest BCUT2D eigenvalue weighted by Gasteiger charge is 1.99. The highest BCUT2D eigenvalue weighted by molar-refractivity contribution is 8.93. The van der Waals surface area contributed by atoms with Crippen molar-refractivity contribution in [1.29, 1.82) is 0 Å². The van der Waals surface area contributed by atoms with Crippen LogP contribution in [-0.4, -0.2) is 49.5 Å². The number of rotatable bonds is 11. The molecule has 0 atom stereocenters. The molecular weight excluding hydrogens is 432 g/mol. The maximum absolute atomic E-state index is 11.0. The van der Waals surface area contributed by atoms with Crippen LogP contribution in [0.25, 0.3) is 0 Å². The topological polar surface area (TPSA) is 110 Å². The molecule has 20 heavy (non-hydrogen) atoms. The van der Waals surface area contributed by atoms with Gasteiger partial charge in [-0.25, -0.2) is 0 Å². The van der Waals surface area contributed by atoms with Gasteiger partial charge in [0, 0.05) is 50.5 Å². The summed E-state index contributed by atoms with van der Waals surface area (Å²) in [6.07, 6.45) is 0.760. The van der Waals surface area contributed by atoms with Crippen molar-refractivity contribution in [2.45, 2.75) is 12.8 Å². The third-order valence-electron chi connectivity index (χ3n) is 1.84. The summed E-state index contributed by atoms with van der Waals surface area (Å²) in [5.74, 6) is 1.68. The standard InChI is InChI=1S/C10H22N4O2S2.2BrH/c11-3-1-9(15)13-5-7-17-18-8-6-14-10(16)2-4-12;;/h1-8,11-12H2,(H,13,15)(H,14,16);2*1H. The third kappa shape index (κ3) is 18.5. The second kappa shape index (κ2) is 19.5. The molecule has 0 heterocycles. The first-order valence-electron chi connectivity index (χ1n) is 5.88. The Morgan fingerprint density at radius 2 is 1.15 bits per heavy atom. The molecule has 0 saturated heterocycles. The van der Waals surface area contributed by atoms with Crippen molar-refractivity contribution in [2.75, 3.05) is 37.7 Å². The summed E-state index contributed by atoms with van der Waals surface area (Å²) in [6.45, 7) is 2.07. The number of nitrogens with two attached hydrogens (primary N) is 2. The van der Waals surface area contributed by atoms with Crippen molar-refractivity contribution in [1.82, 2.24) is 10.6 Å². The summed E-state index contributed by atoms with van der Waals surface area (Å²) >= 11 is 0. The van der Waals surface area contributed by atoms with Crippen molar-refractivity contribution in [3.8, 4) is 0 Å². The van der Waals surface area contributed by atoms with Gasteiger partial charge in [-0.2, -0.15) is 0 Å². The average Bonchev–Trinajstić information content (AvgIpc) is 2.33. The molecule has 10 heteroatoms. The Labute approximate surface area is 149 Å². The van der Waals surface area contributed by atoms with Crippen LogP contribution >= 0.6 is 55.6 Å². The van der Waals surface area contributed by atoms with Crippen LogP contribution in [0, 0.1) is 0 Å². The van der Waals surface area contributed by atoms with E-state index in [1.165, 1.54) is 0 Å². The molecule has 0 aromatic heterocycles. The first-order chi connectivity index (χ1) is 8.70. The number of nitrogens with one attached hydrogen (secondary N) is 2. The monoisotopic (exact) mass is 454 g/mol. The van der Waals surface area contributed by atoms with Gasteiger partial charge in [0.05, 0.1) is 0 Å². The van der Waals surface area contributed by atoms with Gasteiger partial charge in [0.15, 0.2) is 0 Å². The van der Waals surface area contributed by atoms with Gasteiger partial charge in [-0.05, 0) is 0 Å². The second-order valence-corrected chi connectivity index (χ2v) is 6.12. The Bertz CT molecular complexity index is 227. The van der Waals surface area contributed by atoms with Crippen LogP contribution in [0.2, 0.25) is 0 Å². The molecular formula is C10H24Br2N4O2S2. The van der Waals surface area contributed by atoms with E-state index >= 15 is 0 Å². The molecule has 0 unspecified atom stereocenters. The fourth-order valence-electron chi connectivity index (χ4n) is 1.02. The number of hydrogen-bond acceptors (Lipinski definition) is 6. The number of carbonyl (C=O) groups is 2. The van der Waals surface area contributed by atoms with Gasteiger partial charge in [-0.3, -0.25) is 9.59 Å². The zero-order chi connectivity index (χ0) is 13.6. The normalized spacial score (nSPS) is 9.10. The first kappa shape index (κ1) is 25.5. The maximum atomic E-state index is 11.0. The van der Waals surface area contributed by atoms with E-state index < -0.39 is 0 Å². The molecule has 6 nitrogen and oxygen atoms in total. The summed E-state index contributed by atoms with van der Waals surface area (Å²) < 4.78 is 0. The van der Waals surface area contributed by atoms with E-state index in [0.29, 0.717) is 39.0 Å². The summed E-state index contributed by atoms with van der Waals surface area (Å²) in [4.78, 5) is 22.1. The minimum atomic E-state index is -0.00264. The lowest BCUT2D eigenvalue weighted by Gasteiger charge is -2.05. The fourth-order valence-corrected chi connectivity index (χ4v) is 2.83. The zero-order valence-electron chi connectivity index (χ0n) is 11.3. The molecule has 0 aliphatic carbocycles. The Morgan fingerprint density at radius 3 is 1.45 bits per heavy atom. The summed E-state index contributed by atoms with van der Waals surface area (Å²) in [6, 6.07) is 0. The van der Waals surface area contributed by atoms with Crippen molar-refractivity contribution in [2.24, 2.45) is 11.5 Å². The van der Waals surface area contributed by atoms with Gasteiger partial charge >= 0.3 is 0 Å². The molecule has 0 bridgehead atoms. The summed E-state index contributed by atoms with van der Waals surface area (Å²) in [7, 11) is 3.35. The molecule has 0 fully saturated rings. The van der Waals surface area contributed by atoms with Crippen LogP contribution in [0.15, 0.2) is 0 Å². The van der Waals surface area contributed by atoms with E-state index in [9.17, 15) is 9.59 Å². The van der Waals surface area contributed by atoms with Crippen LogP contribution < -0.4 is 22.1 Å². The summed E-state index contributed by atoms with van der Waals surface area (Å²) in [5.41, 5.74) is 10.5. The van der Waals surface area contributed by atoms with E-state index in [1.54, 1.807) is 21.6 Å². The van der Waals surface area contributed by atoms with E-state index in [1.807, 2.05) is 0 Å². The predicted molar refractivity (Wildman–Crippen MR) is 98.9 cm³/mol. The van der Waals surface area contributed by atoms with Gasteiger partial charge in [0.25, 0.3) is 0 Å². The molecule has 0 saturated carbocycles. The Morgan fingerprint density at radius 1 is 0.800 bits per heavy atom. The van der Waals surface area contributed by atoms with Crippen LogP contribution in [0.4, 0.5) is 0 Å². The number of hydrogen-bond donors (Lipinski definition) is 4. The maximum Gasteiger partial charge on any atom is 0.221 e. The molecule has 0 aliphatic rings. The molecule has 0 spiro atoms. The Balaban J connectivity index is -0.00000144. The number of amides is 2. The molecule has 2 amide bonds.